The molecule has 2 aromatic carbocycles. The van der Waals surface area contributed by atoms with Gasteiger partial charge in [0.25, 0.3) is 0 Å². The average Bonchev–Trinajstić information content (AvgIpc) is 2.47. The van der Waals surface area contributed by atoms with Crippen molar-refractivity contribution >= 4 is 11.4 Å². The van der Waals surface area contributed by atoms with E-state index in [1.807, 2.05) is 24.3 Å². The van der Waals surface area contributed by atoms with Crippen LogP contribution in [0.25, 0.3) is 0 Å². The Hall–Kier alpha value is -2.27. The predicted octanol–water partition coefficient (Wildman–Crippen LogP) is 4.43. The van der Waals surface area contributed by atoms with E-state index in [1.165, 1.54) is 16.8 Å². The van der Waals surface area contributed by atoms with E-state index in [9.17, 15) is 0 Å². The highest BCUT2D eigenvalue weighted by Gasteiger charge is 2.06. The molecule has 0 atom stereocenters. The van der Waals surface area contributed by atoms with Crippen LogP contribution in [0.15, 0.2) is 42.5 Å². The molecule has 0 amide bonds. The lowest BCUT2D eigenvalue weighted by Gasteiger charge is -2.15. The molecule has 1 N–H and O–H groups in total. The average molecular weight is 250 g/mol. The number of rotatable bonds is 4. The molecule has 0 unspecified atom stereocenters. The topological polar surface area (TPSA) is 35.8 Å². The molecule has 0 aliphatic rings. The SMILES string of the molecule is CCc1cccc(CC)c1Nc1cccc(C#N)c1. The van der Waals surface area contributed by atoms with Crippen molar-refractivity contribution in [2.24, 2.45) is 0 Å². The van der Waals surface area contributed by atoms with Crippen molar-refractivity contribution in [1.29, 1.82) is 5.26 Å². The molecule has 0 saturated heterocycles. The Balaban J connectivity index is 2.39. The van der Waals surface area contributed by atoms with E-state index in [-0.39, 0.29) is 0 Å². The van der Waals surface area contributed by atoms with Crippen molar-refractivity contribution in [3.63, 3.8) is 0 Å². The molecule has 0 bridgehead atoms. The molecule has 0 aliphatic carbocycles. The highest BCUT2D eigenvalue weighted by molar-refractivity contribution is 5.68. The van der Waals surface area contributed by atoms with Crippen molar-refractivity contribution in [1.82, 2.24) is 0 Å². The summed E-state index contributed by atoms with van der Waals surface area (Å²) in [6.45, 7) is 4.32. The Kier molecular flexibility index (Phi) is 4.20. The quantitative estimate of drug-likeness (QED) is 0.871. The van der Waals surface area contributed by atoms with Crippen LogP contribution in [-0.2, 0) is 12.8 Å². The third-order valence-electron chi connectivity index (χ3n) is 3.26. The van der Waals surface area contributed by atoms with Gasteiger partial charge in [0.2, 0.25) is 0 Å². The molecule has 2 aromatic rings. The first kappa shape index (κ1) is 13.2. The summed E-state index contributed by atoms with van der Waals surface area (Å²) >= 11 is 0. The molecule has 96 valence electrons. The van der Waals surface area contributed by atoms with Crippen LogP contribution in [0.5, 0.6) is 0 Å². The van der Waals surface area contributed by atoms with Crippen molar-refractivity contribution in [3.8, 4) is 6.07 Å². The monoisotopic (exact) mass is 250 g/mol. The van der Waals surface area contributed by atoms with Gasteiger partial charge in [0.15, 0.2) is 0 Å². The van der Waals surface area contributed by atoms with Gasteiger partial charge in [0.05, 0.1) is 11.6 Å². The zero-order valence-electron chi connectivity index (χ0n) is 11.4. The lowest BCUT2D eigenvalue weighted by molar-refractivity contribution is 1.09. The summed E-state index contributed by atoms with van der Waals surface area (Å²) in [7, 11) is 0. The normalized spacial score (nSPS) is 9.95. The second kappa shape index (κ2) is 6.06. The smallest absolute Gasteiger partial charge is 0.0992 e. The number of hydrogen-bond acceptors (Lipinski definition) is 2. The van der Waals surface area contributed by atoms with Gasteiger partial charge in [-0.1, -0.05) is 38.1 Å². The van der Waals surface area contributed by atoms with Gasteiger partial charge in [-0.15, -0.1) is 0 Å². The summed E-state index contributed by atoms with van der Waals surface area (Å²) in [6.07, 6.45) is 1.99. The first-order valence-corrected chi connectivity index (χ1v) is 6.66. The van der Waals surface area contributed by atoms with Crippen LogP contribution in [0.2, 0.25) is 0 Å². The molecule has 19 heavy (non-hydrogen) atoms. The van der Waals surface area contributed by atoms with Crippen LogP contribution >= 0.6 is 0 Å². The van der Waals surface area contributed by atoms with Crippen LogP contribution in [-0.4, -0.2) is 0 Å². The summed E-state index contributed by atoms with van der Waals surface area (Å²) in [5.41, 5.74) is 5.44. The third kappa shape index (κ3) is 2.95. The molecule has 0 saturated carbocycles. The van der Waals surface area contributed by atoms with E-state index < -0.39 is 0 Å². The molecule has 0 fully saturated rings. The fourth-order valence-electron chi connectivity index (χ4n) is 2.21. The van der Waals surface area contributed by atoms with Crippen LogP contribution < -0.4 is 5.32 Å². The Morgan fingerprint density at radius 1 is 1.00 bits per heavy atom. The van der Waals surface area contributed by atoms with E-state index in [1.54, 1.807) is 0 Å². The fourth-order valence-corrected chi connectivity index (χ4v) is 2.21. The Labute approximate surface area is 114 Å². The molecule has 2 rings (SSSR count). The summed E-state index contributed by atoms with van der Waals surface area (Å²) < 4.78 is 0. The van der Waals surface area contributed by atoms with Gasteiger partial charge in [-0.2, -0.15) is 5.26 Å². The maximum Gasteiger partial charge on any atom is 0.0992 e. The zero-order chi connectivity index (χ0) is 13.7. The van der Waals surface area contributed by atoms with E-state index in [0.717, 1.165) is 18.5 Å². The van der Waals surface area contributed by atoms with Gasteiger partial charge in [-0.25, -0.2) is 0 Å². The minimum atomic E-state index is 0.678. The third-order valence-corrected chi connectivity index (χ3v) is 3.26. The molecule has 0 spiro atoms. The maximum atomic E-state index is 8.95. The Morgan fingerprint density at radius 3 is 2.21 bits per heavy atom. The summed E-state index contributed by atoms with van der Waals surface area (Å²) in [5, 5.41) is 12.4. The molecular formula is C17H18N2. The van der Waals surface area contributed by atoms with Crippen LogP contribution in [0.4, 0.5) is 11.4 Å². The summed E-state index contributed by atoms with van der Waals surface area (Å²) in [5.74, 6) is 0. The van der Waals surface area contributed by atoms with Gasteiger partial charge in [-0.05, 0) is 42.2 Å². The summed E-state index contributed by atoms with van der Waals surface area (Å²) in [6, 6.07) is 16.2. The van der Waals surface area contributed by atoms with E-state index >= 15 is 0 Å². The number of nitrogens with one attached hydrogen (secondary N) is 1. The largest absolute Gasteiger partial charge is 0.355 e. The number of aryl methyl sites for hydroxylation is 2. The minimum Gasteiger partial charge on any atom is -0.355 e. The van der Waals surface area contributed by atoms with Crippen molar-refractivity contribution in [2.75, 3.05) is 5.32 Å². The van der Waals surface area contributed by atoms with E-state index in [4.69, 9.17) is 5.26 Å². The lowest BCUT2D eigenvalue weighted by atomic mass is 10.0. The number of hydrogen-bond donors (Lipinski definition) is 1. The molecular weight excluding hydrogens is 232 g/mol. The lowest BCUT2D eigenvalue weighted by Crippen LogP contribution is -2.00. The maximum absolute atomic E-state index is 8.95. The highest BCUT2D eigenvalue weighted by Crippen LogP contribution is 2.26. The van der Waals surface area contributed by atoms with Crippen molar-refractivity contribution in [2.45, 2.75) is 26.7 Å². The minimum absolute atomic E-state index is 0.678. The number of benzene rings is 2. The number of nitrogens with zero attached hydrogens (tertiary/aromatic N) is 1. The van der Waals surface area contributed by atoms with E-state index in [0.29, 0.717) is 5.56 Å². The second-order valence-electron chi connectivity index (χ2n) is 4.48. The van der Waals surface area contributed by atoms with Gasteiger partial charge in [0, 0.05) is 11.4 Å². The molecule has 0 aliphatic heterocycles. The Morgan fingerprint density at radius 2 is 1.63 bits per heavy atom. The zero-order valence-corrected chi connectivity index (χ0v) is 11.4. The number of nitriles is 1. The highest BCUT2D eigenvalue weighted by atomic mass is 14.9. The summed E-state index contributed by atoms with van der Waals surface area (Å²) in [4.78, 5) is 0. The first-order valence-electron chi connectivity index (χ1n) is 6.66. The van der Waals surface area contributed by atoms with Gasteiger partial charge in [-0.3, -0.25) is 0 Å². The predicted molar refractivity (Wildman–Crippen MR) is 79.6 cm³/mol. The van der Waals surface area contributed by atoms with Crippen molar-refractivity contribution < 1.29 is 0 Å². The number of anilines is 2. The Bertz CT molecular complexity index is 587. The molecule has 2 heteroatoms. The second-order valence-corrected chi connectivity index (χ2v) is 4.48. The van der Waals surface area contributed by atoms with Crippen LogP contribution in [0, 0.1) is 11.3 Å². The fraction of sp³-hybridized carbons (Fsp3) is 0.235. The molecule has 0 aromatic heterocycles. The van der Waals surface area contributed by atoms with E-state index in [2.05, 4.69) is 43.4 Å². The standard InChI is InChI=1S/C17H18N2/c1-3-14-8-6-9-15(4-2)17(14)19-16-10-5-7-13(11-16)12-18/h5-11,19H,3-4H2,1-2H3. The molecule has 0 heterocycles. The van der Waals surface area contributed by atoms with Gasteiger partial charge >= 0.3 is 0 Å². The first-order chi connectivity index (χ1) is 9.28. The van der Waals surface area contributed by atoms with Gasteiger partial charge in [0.1, 0.15) is 0 Å². The van der Waals surface area contributed by atoms with Crippen LogP contribution in [0.1, 0.15) is 30.5 Å². The number of para-hydroxylation sites is 1. The molecule has 2 nitrogen and oxygen atoms in total. The molecule has 0 radical (unpaired) electrons. The van der Waals surface area contributed by atoms with Gasteiger partial charge < -0.3 is 5.32 Å². The van der Waals surface area contributed by atoms with Crippen molar-refractivity contribution in [3.05, 3.63) is 59.2 Å². The van der Waals surface area contributed by atoms with Crippen LogP contribution in [0.3, 0.4) is 0 Å².